The fraction of sp³-hybridized carbons (Fsp3) is 0.200. The summed E-state index contributed by atoms with van der Waals surface area (Å²) in [5.41, 5.74) is 0.405. The van der Waals surface area contributed by atoms with Gasteiger partial charge in [-0.25, -0.2) is 9.59 Å². The highest BCUT2D eigenvalue weighted by Gasteiger charge is 2.18. The zero-order valence-corrected chi connectivity index (χ0v) is 11.3. The number of hydrogen-bond acceptors (Lipinski definition) is 3. The summed E-state index contributed by atoms with van der Waals surface area (Å²) in [6, 6.07) is 2.63. The number of carbonyl (C=O) groups is 2. The van der Waals surface area contributed by atoms with Crippen LogP contribution < -0.4 is 10.6 Å². The quantitative estimate of drug-likeness (QED) is 0.671. The Kier molecular flexibility index (Phi) is 5.39. The van der Waals surface area contributed by atoms with Crippen molar-refractivity contribution < 1.29 is 19.8 Å². The lowest BCUT2D eigenvalue weighted by Crippen LogP contribution is -2.45. The van der Waals surface area contributed by atoms with Crippen LogP contribution in [-0.4, -0.2) is 34.9 Å². The average molecular weight is 338 g/mol. The third-order valence-electron chi connectivity index (χ3n) is 1.96. The number of aliphatic hydroxyl groups excluding tert-OH is 1. The van der Waals surface area contributed by atoms with Crippen molar-refractivity contribution in [3.8, 4) is 0 Å². The fourth-order valence-corrected chi connectivity index (χ4v) is 1.51. The molecule has 1 aromatic carbocycles. The number of nitrogens with one attached hydrogen (secondary N) is 2. The molecule has 0 aliphatic carbocycles. The van der Waals surface area contributed by atoms with Crippen molar-refractivity contribution in [2.45, 2.75) is 6.04 Å². The summed E-state index contributed by atoms with van der Waals surface area (Å²) in [4.78, 5) is 22.0. The number of halogens is 2. The van der Waals surface area contributed by atoms with Gasteiger partial charge in [0.1, 0.15) is 0 Å². The molecular formula is C10H10BrClN2O4. The number of carbonyl (C=O) groups excluding carboxylic acids is 1. The van der Waals surface area contributed by atoms with Crippen LogP contribution in [0.2, 0.25) is 5.02 Å². The molecule has 0 aromatic heterocycles. The summed E-state index contributed by atoms with van der Waals surface area (Å²) in [7, 11) is 0. The van der Waals surface area contributed by atoms with E-state index in [2.05, 4.69) is 26.6 Å². The maximum atomic E-state index is 11.4. The van der Waals surface area contributed by atoms with Gasteiger partial charge in [-0.15, -0.1) is 0 Å². The molecule has 98 valence electrons. The van der Waals surface area contributed by atoms with E-state index in [1.807, 2.05) is 0 Å². The summed E-state index contributed by atoms with van der Waals surface area (Å²) < 4.78 is 0.675. The number of hydrogen-bond donors (Lipinski definition) is 4. The number of aliphatic carboxylic acids is 1. The predicted molar refractivity (Wildman–Crippen MR) is 69.8 cm³/mol. The van der Waals surface area contributed by atoms with Gasteiger partial charge in [0.05, 0.1) is 11.6 Å². The molecule has 2 amide bonds. The van der Waals surface area contributed by atoms with Gasteiger partial charge in [-0.05, 0) is 34.1 Å². The van der Waals surface area contributed by atoms with Crippen molar-refractivity contribution in [2.75, 3.05) is 11.9 Å². The lowest BCUT2D eigenvalue weighted by molar-refractivity contribution is -0.140. The highest BCUT2D eigenvalue weighted by Crippen LogP contribution is 2.25. The highest BCUT2D eigenvalue weighted by molar-refractivity contribution is 9.10. The average Bonchev–Trinajstić information content (AvgIpc) is 2.30. The first-order chi connectivity index (χ1) is 8.43. The third kappa shape index (κ3) is 4.17. The molecule has 0 aliphatic heterocycles. The summed E-state index contributed by atoms with van der Waals surface area (Å²) in [6.07, 6.45) is 0. The number of rotatable bonds is 4. The molecule has 0 bridgehead atoms. The monoisotopic (exact) mass is 336 g/mol. The number of benzene rings is 1. The molecule has 1 rings (SSSR count). The molecule has 0 saturated carbocycles. The minimum Gasteiger partial charge on any atom is -0.480 e. The second-order valence-corrected chi connectivity index (χ2v) is 4.56. The second-order valence-electron chi connectivity index (χ2n) is 3.30. The van der Waals surface area contributed by atoms with Gasteiger partial charge in [-0.3, -0.25) is 0 Å². The molecule has 0 aliphatic rings. The summed E-state index contributed by atoms with van der Waals surface area (Å²) in [6.45, 7) is -0.691. The lowest BCUT2D eigenvalue weighted by atomic mass is 10.3. The lowest BCUT2D eigenvalue weighted by Gasteiger charge is -2.12. The maximum Gasteiger partial charge on any atom is 0.328 e. The molecule has 4 N–H and O–H groups in total. The normalized spacial score (nSPS) is 11.7. The topological polar surface area (TPSA) is 98.7 Å². The number of aliphatic hydroxyl groups is 1. The molecule has 18 heavy (non-hydrogen) atoms. The molecule has 0 unspecified atom stereocenters. The first-order valence-corrected chi connectivity index (χ1v) is 5.97. The van der Waals surface area contributed by atoms with Crippen LogP contribution in [0.5, 0.6) is 0 Å². The van der Waals surface area contributed by atoms with Gasteiger partial charge in [0.25, 0.3) is 0 Å². The van der Waals surface area contributed by atoms with Gasteiger partial charge >= 0.3 is 12.0 Å². The number of carboxylic acid groups (broad SMARTS) is 1. The molecule has 6 nitrogen and oxygen atoms in total. The molecule has 0 spiro atoms. The second kappa shape index (κ2) is 6.58. The van der Waals surface area contributed by atoms with E-state index in [4.69, 9.17) is 21.8 Å². The molecule has 0 radical (unpaired) electrons. The molecule has 8 heteroatoms. The molecule has 1 atom stereocenters. The van der Waals surface area contributed by atoms with Crippen LogP contribution in [0.15, 0.2) is 22.7 Å². The van der Waals surface area contributed by atoms with E-state index >= 15 is 0 Å². The Morgan fingerprint density at radius 1 is 1.44 bits per heavy atom. The Bertz CT molecular complexity index is 469. The summed E-state index contributed by atoms with van der Waals surface area (Å²) >= 11 is 9.02. The van der Waals surface area contributed by atoms with E-state index in [9.17, 15) is 9.59 Å². The van der Waals surface area contributed by atoms with E-state index in [0.717, 1.165) is 0 Å². The number of urea groups is 1. The van der Waals surface area contributed by atoms with Crippen molar-refractivity contribution in [2.24, 2.45) is 0 Å². The third-order valence-corrected chi connectivity index (χ3v) is 3.20. The highest BCUT2D eigenvalue weighted by atomic mass is 79.9. The van der Waals surface area contributed by atoms with E-state index < -0.39 is 24.6 Å². The van der Waals surface area contributed by atoms with Gasteiger partial charge in [-0.1, -0.05) is 11.6 Å². The minimum absolute atomic E-state index is 0.405. The van der Waals surface area contributed by atoms with Gasteiger partial charge in [-0.2, -0.15) is 0 Å². The summed E-state index contributed by atoms with van der Waals surface area (Å²) in [5.74, 6) is -1.32. The first-order valence-electron chi connectivity index (χ1n) is 4.80. The largest absolute Gasteiger partial charge is 0.480 e. The van der Waals surface area contributed by atoms with Crippen molar-refractivity contribution in [1.29, 1.82) is 0 Å². The number of amides is 2. The summed E-state index contributed by atoms with van der Waals surface area (Å²) in [5, 5.41) is 22.3. The number of anilines is 1. The predicted octanol–water partition coefficient (Wildman–Crippen LogP) is 1.67. The van der Waals surface area contributed by atoms with Crippen LogP contribution in [0.1, 0.15) is 0 Å². The Hall–Kier alpha value is -1.31. The molecule has 0 heterocycles. The van der Waals surface area contributed by atoms with E-state index in [1.54, 1.807) is 12.1 Å². The molecular weight excluding hydrogens is 327 g/mol. The van der Waals surface area contributed by atoms with Crippen LogP contribution in [-0.2, 0) is 4.79 Å². The van der Waals surface area contributed by atoms with Crippen molar-refractivity contribution in [1.82, 2.24) is 5.32 Å². The van der Waals surface area contributed by atoms with Crippen molar-refractivity contribution >= 4 is 45.2 Å². The van der Waals surface area contributed by atoms with Gasteiger partial charge in [0.15, 0.2) is 6.04 Å². The standard InChI is InChI=1S/C10H10BrClN2O4/c11-6-2-1-5(3-7(6)12)13-10(18)14-8(4-15)9(16)17/h1-3,8,15H,4H2,(H,16,17)(H2,13,14,18)/t8-/m0/s1. The van der Waals surface area contributed by atoms with E-state index in [-0.39, 0.29) is 0 Å². The number of carboxylic acids is 1. The van der Waals surface area contributed by atoms with E-state index in [0.29, 0.717) is 15.2 Å². The van der Waals surface area contributed by atoms with Crippen molar-refractivity contribution in [3.63, 3.8) is 0 Å². The van der Waals surface area contributed by atoms with Crippen LogP contribution in [0, 0.1) is 0 Å². The van der Waals surface area contributed by atoms with Crippen LogP contribution >= 0.6 is 27.5 Å². The zero-order valence-electron chi connectivity index (χ0n) is 8.98. The van der Waals surface area contributed by atoms with Crippen LogP contribution in [0.3, 0.4) is 0 Å². The molecule has 0 fully saturated rings. The van der Waals surface area contributed by atoms with Crippen LogP contribution in [0.4, 0.5) is 10.5 Å². The SMILES string of the molecule is O=C(Nc1ccc(Br)c(Cl)c1)N[C@@H](CO)C(=O)O. The van der Waals surface area contributed by atoms with Gasteiger partial charge < -0.3 is 20.8 Å². The molecule has 0 saturated heterocycles. The fourth-order valence-electron chi connectivity index (χ4n) is 1.08. The Morgan fingerprint density at radius 2 is 2.11 bits per heavy atom. The van der Waals surface area contributed by atoms with Crippen LogP contribution in [0.25, 0.3) is 0 Å². The van der Waals surface area contributed by atoms with Gasteiger partial charge in [0, 0.05) is 10.2 Å². The maximum absolute atomic E-state index is 11.4. The Labute approximate surface area is 116 Å². The Morgan fingerprint density at radius 3 is 2.61 bits per heavy atom. The first kappa shape index (κ1) is 14.7. The zero-order chi connectivity index (χ0) is 13.7. The molecule has 1 aromatic rings. The van der Waals surface area contributed by atoms with E-state index in [1.165, 1.54) is 6.07 Å². The smallest absolute Gasteiger partial charge is 0.328 e. The van der Waals surface area contributed by atoms with Crippen molar-refractivity contribution in [3.05, 3.63) is 27.7 Å². The Balaban J connectivity index is 2.64. The van der Waals surface area contributed by atoms with Gasteiger partial charge in [0.2, 0.25) is 0 Å². The minimum atomic E-state index is -1.35.